The lowest BCUT2D eigenvalue weighted by atomic mass is 10.3. The van der Waals surface area contributed by atoms with Gasteiger partial charge >= 0.3 is 10.2 Å². The molecule has 2 N–H and O–H groups in total. The molecule has 0 atom stereocenters. The summed E-state index contributed by atoms with van der Waals surface area (Å²) in [6.07, 6.45) is 0. The Kier molecular flexibility index (Phi) is 4.93. The van der Waals surface area contributed by atoms with E-state index in [1.807, 2.05) is 0 Å². The Morgan fingerprint density at radius 2 is 1.22 bits per heavy atom. The molecule has 2 aromatic rings. The fourth-order valence-electron chi connectivity index (χ4n) is 1.66. The molecule has 124 valence electrons. The molecule has 0 amide bonds. The zero-order chi connectivity index (χ0) is 17.1. The van der Waals surface area contributed by atoms with E-state index in [-0.39, 0.29) is 4.90 Å². The van der Waals surface area contributed by atoms with Crippen molar-refractivity contribution in [1.29, 1.82) is 0 Å². The van der Waals surface area contributed by atoms with Gasteiger partial charge in [-0.1, -0.05) is 18.2 Å². The highest BCUT2D eigenvalue weighted by Crippen LogP contribution is 2.19. The van der Waals surface area contributed by atoms with Crippen molar-refractivity contribution >= 4 is 31.6 Å². The number of nitrogens with one attached hydrogen (secondary N) is 2. The molecular formula is C14H17N3O4S2. The van der Waals surface area contributed by atoms with Gasteiger partial charge in [-0.05, 0) is 36.4 Å². The van der Waals surface area contributed by atoms with E-state index in [1.54, 1.807) is 18.2 Å². The maximum Gasteiger partial charge on any atom is 0.301 e. The van der Waals surface area contributed by atoms with Gasteiger partial charge in [0.1, 0.15) is 0 Å². The number of rotatable bonds is 6. The lowest BCUT2D eigenvalue weighted by Gasteiger charge is -2.14. The topological polar surface area (TPSA) is 95.6 Å². The lowest BCUT2D eigenvalue weighted by molar-refractivity contribution is 0.527. The highest BCUT2D eigenvalue weighted by atomic mass is 32.2. The summed E-state index contributed by atoms with van der Waals surface area (Å²) in [5.41, 5.74) is 0.669. The number of benzene rings is 2. The van der Waals surface area contributed by atoms with Crippen LogP contribution >= 0.6 is 0 Å². The normalized spacial score (nSPS) is 12.1. The highest BCUT2D eigenvalue weighted by Gasteiger charge is 2.15. The average Bonchev–Trinajstić information content (AvgIpc) is 2.49. The average molecular weight is 355 g/mol. The predicted molar refractivity (Wildman–Crippen MR) is 89.9 cm³/mol. The molecule has 7 nitrogen and oxygen atoms in total. The van der Waals surface area contributed by atoms with Gasteiger partial charge in [0, 0.05) is 25.5 Å². The van der Waals surface area contributed by atoms with Crippen molar-refractivity contribution in [3.05, 3.63) is 54.6 Å². The Morgan fingerprint density at radius 1 is 0.739 bits per heavy atom. The van der Waals surface area contributed by atoms with Crippen LogP contribution in [0.3, 0.4) is 0 Å². The summed E-state index contributed by atoms with van der Waals surface area (Å²) in [7, 11) is -4.45. The number of nitrogens with zero attached hydrogens (tertiary/aromatic N) is 1. The molecule has 2 aromatic carbocycles. The molecule has 0 aliphatic heterocycles. The van der Waals surface area contributed by atoms with E-state index in [9.17, 15) is 16.8 Å². The van der Waals surface area contributed by atoms with Crippen molar-refractivity contribution < 1.29 is 16.8 Å². The van der Waals surface area contributed by atoms with Crippen molar-refractivity contribution in [1.82, 2.24) is 4.31 Å². The second-order valence-corrected chi connectivity index (χ2v) is 8.45. The molecule has 0 fully saturated rings. The molecule has 0 spiro atoms. The molecule has 0 heterocycles. The summed E-state index contributed by atoms with van der Waals surface area (Å²) in [6.45, 7) is 0. The maximum atomic E-state index is 12.2. The zero-order valence-electron chi connectivity index (χ0n) is 12.6. The van der Waals surface area contributed by atoms with E-state index < -0.39 is 20.2 Å². The fraction of sp³-hybridized carbons (Fsp3) is 0.143. The molecular weight excluding hydrogens is 338 g/mol. The van der Waals surface area contributed by atoms with Gasteiger partial charge in [0.2, 0.25) is 0 Å². The van der Waals surface area contributed by atoms with E-state index >= 15 is 0 Å². The molecule has 0 aromatic heterocycles. The monoisotopic (exact) mass is 355 g/mol. The van der Waals surface area contributed by atoms with Crippen molar-refractivity contribution in [3.8, 4) is 0 Å². The third-order valence-electron chi connectivity index (χ3n) is 2.92. The summed E-state index contributed by atoms with van der Waals surface area (Å²) in [5.74, 6) is 0. The predicted octanol–water partition coefficient (Wildman–Crippen LogP) is 1.71. The van der Waals surface area contributed by atoms with E-state index in [2.05, 4.69) is 9.44 Å². The van der Waals surface area contributed by atoms with Crippen molar-refractivity contribution in [2.75, 3.05) is 23.5 Å². The first-order chi connectivity index (χ1) is 10.7. The highest BCUT2D eigenvalue weighted by molar-refractivity contribution is 7.92. The van der Waals surface area contributed by atoms with Gasteiger partial charge in [0.05, 0.1) is 4.90 Å². The van der Waals surface area contributed by atoms with Crippen LogP contribution in [0.1, 0.15) is 0 Å². The second kappa shape index (κ2) is 6.57. The van der Waals surface area contributed by atoms with Crippen LogP contribution in [0.4, 0.5) is 11.4 Å². The van der Waals surface area contributed by atoms with Crippen LogP contribution in [0.25, 0.3) is 0 Å². The quantitative estimate of drug-likeness (QED) is 0.824. The molecule has 2 rings (SSSR count). The Balaban J connectivity index is 2.15. The van der Waals surface area contributed by atoms with E-state index in [4.69, 9.17) is 0 Å². The van der Waals surface area contributed by atoms with Crippen molar-refractivity contribution in [2.45, 2.75) is 4.90 Å². The lowest BCUT2D eigenvalue weighted by Crippen LogP contribution is -2.28. The zero-order valence-corrected chi connectivity index (χ0v) is 14.2. The summed E-state index contributed by atoms with van der Waals surface area (Å²) >= 11 is 0. The minimum atomic E-state index is -3.67. The number of hydrogen-bond acceptors (Lipinski definition) is 4. The van der Waals surface area contributed by atoms with Gasteiger partial charge in [-0.2, -0.15) is 12.7 Å². The van der Waals surface area contributed by atoms with Crippen LogP contribution in [-0.2, 0) is 20.2 Å². The summed E-state index contributed by atoms with van der Waals surface area (Å²) in [4.78, 5) is 0.150. The van der Waals surface area contributed by atoms with Crippen LogP contribution in [0.5, 0.6) is 0 Å². The number of sulfonamides is 1. The third kappa shape index (κ3) is 4.44. The van der Waals surface area contributed by atoms with E-state index in [0.717, 1.165) is 4.31 Å². The van der Waals surface area contributed by atoms with Crippen LogP contribution in [0, 0.1) is 0 Å². The van der Waals surface area contributed by atoms with Crippen LogP contribution in [0.15, 0.2) is 59.5 Å². The Bertz CT molecular complexity index is 862. The minimum absolute atomic E-state index is 0.150. The molecule has 0 unspecified atom stereocenters. The van der Waals surface area contributed by atoms with Crippen LogP contribution < -0.4 is 9.44 Å². The summed E-state index contributed by atoms with van der Waals surface area (Å²) in [5, 5.41) is 0. The maximum absolute atomic E-state index is 12.2. The van der Waals surface area contributed by atoms with Gasteiger partial charge in [0.25, 0.3) is 10.0 Å². The Labute approximate surface area is 136 Å². The molecule has 23 heavy (non-hydrogen) atoms. The molecule has 0 aliphatic carbocycles. The van der Waals surface area contributed by atoms with Gasteiger partial charge in [0.15, 0.2) is 0 Å². The van der Waals surface area contributed by atoms with E-state index in [1.165, 1.54) is 50.5 Å². The third-order valence-corrected chi connectivity index (χ3v) is 5.77. The van der Waals surface area contributed by atoms with Gasteiger partial charge in [-0.25, -0.2) is 8.42 Å². The molecule has 0 bridgehead atoms. The van der Waals surface area contributed by atoms with Gasteiger partial charge < -0.3 is 0 Å². The number of hydrogen-bond donors (Lipinski definition) is 2. The summed E-state index contributed by atoms with van der Waals surface area (Å²) < 4.78 is 53.6. The molecule has 0 radical (unpaired) electrons. The Hall–Kier alpha value is -2.10. The standard InChI is InChI=1S/C14H17N3O4S2/c1-17(2)23(20,21)16-13-10-8-12(9-11-13)15-22(18,19)14-6-4-3-5-7-14/h3-11,15-16H,1-2H3. The molecule has 0 saturated heterocycles. The second-order valence-electron chi connectivity index (χ2n) is 4.89. The number of anilines is 2. The molecule has 0 saturated carbocycles. The van der Waals surface area contributed by atoms with Crippen molar-refractivity contribution in [3.63, 3.8) is 0 Å². The first kappa shape index (κ1) is 17.3. The van der Waals surface area contributed by atoms with Crippen LogP contribution in [0.2, 0.25) is 0 Å². The minimum Gasteiger partial charge on any atom is -0.280 e. The largest absolute Gasteiger partial charge is 0.301 e. The van der Waals surface area contributed by atoms with Gasteiger partial charge in [-0.3, -0.25) is 9.44 Å². The Morgan fingerprint density at radius 3 is 1.70 bits per heavy atom. The van der Waals surface area contributed by atoms with Gasteiger partial charge in [-0.15, -0.1) is 0 Å². The first-order valence-electron chi connectivity index (χ1n) is 6.59. The first-order valence-corrected chi connectivity index (χ1v) is 9.51. The SMILES string of the molecule is CN(C)S(=O)(=O)Nc1ccc(NS(=O)(=O)c2ccccc2)cc1. The molecule has 9 heteroatoms. The van der Waals surface area contributed by atoms with Crippen LogP contribution in [-0.4, -0.2) is 35.2 Å². The smallest absolute Gasteiger partial charge is 0.280 e. The fourth-order valence-corrected chi connectivity index (χ4v) is 3.36. The van der Waals surface area contributed by atoms with Crippen molar-refractivity contribution in [2.24, 2.45) is 0 Å². The summed E-state index contributed by atoms with van der Waals surface area (Å²) in [6, 6.07) is 13.9. The van der Waals surface area contributed by atoms with E-state index in [0.29, 0.717) is 11.4 Å². The molecule has 0 aliphatic rings.